The molecule has 1 N–H and O–H groups in total. The van der Waals surface area contributed by atoms with Gasteiger partial charge in [0.2, 0.25) is 0 Å². The second kappa shape index (κ2) is 8.30. The second-order valence-corrected chi connectivity index (χ2v) is 10.1. The van der Waals surface area contributed by atoms with E-state index in [1.165, 1.54) is 22.9 Å². The molecule has 4 heterocycles. The molecule has 1 aromatic heterocycles. The molecule has 5 atom stereocenters. The first kappa shape index (κ1) is 20.9. The number of methoxy groups -OCH3 is 1. The highest BCUT2D eigenvalue weighted by molar-refractivity contribution is 5.91. The first-order valence-corrected chi connectivity index (χ1v) is 12.2. The van der Waals surface area contributed by atoms with E-state index in [1.54, 1.807) is 7.11 Å². The van der Waals surface area contributed by atoms with Crippen LogP contribution in [-0.2, 0) is 32.7 Å². The maximum Gasteiger partial charge on any atom is 0.319 e. The molecule has 3 aliphatic heterocycles. The molecule has 172 valence electrons. The van der Waals surface area contributed by atoms with Gasteiger partial charge in [-0.1, -0.05) is 48.5 Å². The second-order valence-electron chi connectivity index (χ2n) is 10.1. The zero-order valence-corrected chi connectivity index (χ0v) is 19.3. The van der Waals surface area contributed by atoms with Crippen LogP contribution in [0.1, 0.15) is 36.1 Å². The molecule has 4 aliphatic rings. The van der Waals surface area contributed by atoms with Gasteiger partial charge in [0.1, 0.15) is 5.41 Å². The molecule has 0 spiro atoms. The fourth-order valence-electron chi connectivity index (χ4n) is 7.15. The van der Waals surface area contributed by atoms with Crippen LogP contribution in [0.25, 0.3) is 10.9 Å². The van der Waals surface area contributed by atoms with Crippen LogP contribution < -0.4 is 0 Å². The van der Waals surface area contributed by atoms with E-state index in [1.807, 2.05) is 6.07 Å². The predicted octanol–water partition coefficient (Wildman–Crippen LogP) is 4.45. The topological polar surface area (TPSA) is 54.6 Å². The summed E-state index contributed by atoms with van der Waals surface area (Å²) in [6.45, 7) is 3.44. The van der Waals surface area contributed by atoms with Gasteiger partial charge in [-0.2, -0.15) is 0 Å². The largest absolute Gasteiger partial charge is 0.468 e. The number of hydrogen-bond acceptors (Lipinski definition) is 4. The highest BCUT2D eigenvalue weighted by Gasteiger charge is 2.62. The van der Waals surface area contributed by atoms with Crippen LogP contribution in [0.15, 0.2) is 54.6 Å². The number of H-pyrrole nitrogens is 1. The zero-order valence-electron chi connectivity index (χ0n) is 19.3. The van der Waals surface area contributed by atoms with E-state index in [-0.39, 0.29) is 12.0 Å². The predicted molar refractivity (Wildman–Crippen MR) is 128 cm³/mol. The fourth-order valence-corrected chi connectivity index (χ4v) is 7.15. The molecule has 1 saturated carbocycles. The Morgan fingerprint density at radius 3 is 2.82 bits per heavy atom. The van der Waals surface area contributed by atoms with Crippen molar-refractivity contribution in [3.63, 3.8) is 0 Å². The van der Waals surface area contributed by atoms with Gasteiger partial charge >= 0.3 is 5.97 Å². The first-order chi connectivity index (χ1) is 16.2. The van der Waals surface area contributed by atoms with Gasteiger partial charge in [-0.25, -0.2) is 0 Å². The lowest BCUT2D eigenvalue weighted by molar-refractivity contribution is -0.163. The summed E-state index contributed by atoms with van der Waals surface area (Å²) in [4.78, 5) is 19.9. The van der Waals surface area contributed by atoms with Crippen molar-refractivity contribution in [2.45, 2.75) is 43.7 Å². The van der Waals surface area contributed by atoms with Crippen LogP contribution in [0.2, 0.25) is 0 Å². The smallest absolute Gasteiger partial charge is 0.319 e. The van der Waals surface area contributed by atoms with Crippen molar-refractivity contribution < 1.29 is 14.3 Å². The molecule has 7 rings (SSSR count). The number of carbonyl (C=O) groups is 1. The lowest BCUT2D eigenvalue weighted by Crippen LogP contribution is -2.67. The van der Waals surface area contributed by atoms with Crippen LogP contribution in [0, 0.1) is 11.8 Å². The molecule has 1 aliphatic carbocycles. The minimum Gasteiger partial charge on any atom is -0.468 e. The van der Waals surface area contributed by atoms with Gasteiger partial charge in [0.05, 0.1) is 13.7 Å². The average molecular weight is 445 g/mol. The lowest BCUT2D eigenvalue weighted by Gasteiger charge is -2.58. The number of carbonyl (C=O) groups excluding carboxylic acids is 1. The van der Waals surface area contributed by atoms with Crippen LogP contribution in [0.3, 0.4) is 0 Å². The number of esters is 1. The van der Waals surface area contributed by atoms with Crippen LogP contribution in [0.4, 0.5) is 0 Å². The molecule has 5 nitrogen and oxygen atoms in total. The Hall–Kier alpha value is -2.63. The number of piperidine rings is 2. The molecular weight excluding hydrogens is 412 g/mol. The van der Waals surface area contributed by atoms with E-state index < -0.39 is 5.41 Å². The number of aromatic amines is 1. The van der Waals surface area contributed by atoms with Gasteiger partial charge in [-0.3, -0.25) is 9.69 Å². The summed E-state index contributed by atoms with van der Waals surface area (Å²) in [5.74, 6) is 0.849. The van der Waals surface area contributed by atoms with Crippen LogP contribution in [-0.4, -0.2) is 48.7 Å². The van der Waals surface area contributed by atoms with E-state index in [4.69, 9.17) is 9.47 Å². The first-order valence-electron chi connectivity index (χ1n) is 12.2. The third-order valence-corrected chi connectivity index (χ3v) is 8.29. The number of benzene rings is 2. The quantitative estimate of drug-likeness (QED) is 0.451. The van der Waals surface area contributed by atoms with Crippen molar-refractivity contribution in [1.29, 1.82) is 0 Å². The fraction of sp³-hybridized carbons (Fsp3) is 0.464. The van der Waals surface area contributed by atoms with E-state index in [2.05, 4.69) is 58.4 Å². The van der Waals surface area contributed by atoms with Crippen molar-refractivity contribution in [2.24, 2.45) is 11.8 Å². The highest BCUT2D eigenvalue weighted by Crippen LogP contribution is 2.55. The molecule has 33 heavy (non-hydrogen) atoms. The van der Waals surface area contributed by atoms with Crippen molar-refractivity contribution >= 4 is 16.9 Å². The summed E-state index contributed by atoms with van der Waals surface area (Å²) in [6.07, 6.45) is 3.99. The Morgan fingerprint density at radius 1 is 1.15 bits per heavy atom. The molecule has 5 heteroatoms. The number of fused-ring (bicyclic) bond motifs is 4. The Balaban J connectivity index is 1.33. The van der Waals surface area contributed by atoms with Crippen LogP contribution in [0.5, 0.6) is 0 Å². The molecule has 1 unspecified atom stereocenters. The number of nitrogens with one attached hydrogen (secondary N) is 1. The lowest BCUT2D eigenvalue weighted by atomic mass is 9.56. The monoisotopic (exact) mass is 444 g/mol. The highest BCUT2D eigenvalue weighted by atomic mass is 16.5. The third kappa shape index (κ3) is 3.32. The van der Waals surface area contributed by atoms with Gasteiger partial charge in [-0.15, -0.1) is 0 Å². The molecule has 3 fully saturated rings. The summed E-state index contributed by atoms with van der Waals surface area (Å²) in [7, 11) is 1.55. The van der Waals surface area contributed by atoms with Crippen molar-refractivity contribution in [2.75, 3.05) is 26.8 Å². The van der Waals surface area contributed by atoms with Crippen LogP contribution >= 0.6 is 0 Å². The van der Waals surface area contributed by atoms with E-state index in [0.29, 0.717) is 25.0 Å². The number of ether oxygens (including phenoxy) is 2. The summed E-state index contributed by atoms with van der Waals surface area (Å²) < 4.78 is 11.6. The average Bonchev–Trinajstić information content (AvgIpc) is 3.20. The van der Waals surface area contributed by atoms with Crippen molar-refractivity contribution in [3.05, 3.63) is 71.4 Å². The zero-order chi connectivity index (χ0) is 22.4. The van der Waals surface area contributed by atoms with Gasteiger partial charge in [0.15, 0.2) is 0 Å². The summed E-state index contributed by atoms with van der Waals surface area (Å²) in [5.41, 5.74) is 4.13. The maximum atomic E-state index is 13.6. The summed E-state index contributed by atoms with van der Waals surface area (Å²) in [6, 6.07) is 19.0. The number of hydrogen-bond donors (Lipinski definition) is 1. The van der Waals surface area contributed by atoms with E-state index >= 15 is 0 Å². The normalized spacial score (nSPS) is 30.1. The standard InChI is InChI=1S/C28H32N2O3/c1-32-27(31)28-16-20-15-21(12-14-33-18-19-7-3-2-4-8-19)26(28)30(17-20)13-11-23-22-9-5-6-10-24(22)29-25(23)28/h2-10,20-21,26,29H,11-18H2,1H3/t20-,21+,26+,28-/m1/s1. The Bertz CT molecular complexity index is 1160. The molecule has 2 saturated heterocycles. The number of rotatable bonds is 6. The maximum absolute atomic E-state index is 13.6. The molecule has 4 bridgehead atoms. The van der Waals surface area contributed by atoms with Gasteiger partial charge in [0, 0.05) is 42.3 Å². The minimum atomic E-state index is -0.620. The van der Waals surface area contributed by atoms with Gasteiger partial charge < -0.3 is 14.5 Å². The minimum absolute atomic E-state index is 0.0770. The molecule has 0 amide bonds. The molecule has 2 aromatic carbocycles. The third-order valence-electron chi connectivity index (χ3n) is 8.29. The van der Waals surface area contributed by atoms with Crippen molar-refractivity contribution in [3.8, 4) is 0 Å². The molecular formula is C28H32N2O3. The number of aromatic nitrogens is 1. The van der Waals surface area contributed by atoms with Gasteiger partial charge in [-0.05, 0) is 54.7 Å². The number of nitrogens with zero attached hydrogens (tertiary/aromatic N) is 1. The summed E-state index contributed by atoms with van der Waals surface area (Å²) in [5, 5.41) is 1.25. The number of para-hydroxylation sites is 1. The van der Waals surface area contributed by atoms with E-state index in [0.717, 1.165) is 43.6 Å². The van der Waals surface area contributed by atoms with Gasteiger partial charge in [0.25, 0.3) is 0 Å². The Labute approximate surface area is 195 Å². The molecule has 0 radical (unpaired) electrons. The Kier molecular flexibility index (Phi) is 5.27. The summed E-state index contributed by atoms with van der Waals surface area (Å²) >= 11 is 0. The molecule has 3 aromatic rings. The SMILES string of the molecule is COC(=O)[C@@]12C[C@H]3C[C@H](CCOCc4ccccc4)[C@@H]1N(CCc1c2[nH]c2ccccc12)C3. The van der Waals surface area contributed by atoms with E-state index in [9.17, 15) is 4.79 Å². The Morgan fingerprint density at radius 2 is 1.97 bits per heavy atom. The van der Waals surface area contributed by atoms with Crippen molar-refractivity contribution in [1.82, 2.24) is 9.88 Å².